The molecule has 2 fully saturated rings. The Labute approximate surface area is 175 Å². The molecule has 1 atom stereocenters. The number of carbonyl (C=O) groups is 1. The monoisotopic (exact) mass is 412 g/mol. The summed E-state index contributed by atoms with van der Waals surface area (Å²) in [4.78, 5) is 26.9. The lowest BCUT2D eigenvalue weighted by Gasteiger charge is -2.32. The van der Waals surface area contributed by atoms with Gasteiger partial charge in [0.15, 0.2) is 0 Å². The summed E-state index contributed by atoms with van der Waals surface area (Å²) in [5.41, 5.74) is 0.498. The molecule has 4 rings (SSSR count). The standard InChI is InChI=1S/C22H28N4O4/c1-29-18-6-4-17(5-7-18)26-21(27)9-8-20(24-26)25-12-10-16(11-13-25)22(28)23-15-19-3-2-14-30-19/h4-9,16,19H,2-3,10-15H2,1H3,(H,23,28). The lowest BCUT2D eigenvalue weighted by molar-refractivity contribution is -0.126. The fraction of sp³-hybridized carbons (Fsp3) is 0.500. The SMILES string of the molecule is COc1ccc(-n2nc(N3CCC(C(=O)NCC4CCCO4)CC3)ccc2=O)cc1. The number of nitrogens with zero attached hydrogens (tertiary/aromatic N) is 3. The van der Waals surface area contributed by atoms with Crippen molar-refractivity contribution in [2.75, 3.05) is 38.3 Å². The number of benzene rings is 1. The van der Waals surface area contributed by atoms with Crippen LogP contribution in [0.2, 0.25) is 0 Å². The first-order valence-corrected chi connectivity index (χ1v) is 10.5. The van der Waals surface area contributed by atoms with Gasteiger partial charge in [0, 0.05) is 38.2 Å². The van der Waals surface area contributed by atoms with Gasteiger partial charge < -0.3 is 19.7 Å². The fourth-order valence-electron chi connectivity index (χ4n) is 4.01. The quantitative estimate of drug-likeness (QED) is 0.778. The zero-order valence-corrected chi connectivity index (χ0v) is 17.3. The van der Waals surface area contributed by atoms with Crippen molar-refractivity contribution in [1.82, 2.24) is 15.1 Å². The number of hydrogen-bond donors (Lipinski definition) is 1. The van der Waals surface area contributed by atoms with E-state index in [0.29, 0.717) is 12.2 Å². The number of aromatic nitrogens is 2. The smallest absolute Gasteiger partial charge is 0.271 e. The molecule has 160 valence electrons. The molecular formula is C22H28N4O4. The van der Waals surface area contributed by atoms with Gasteiger partial charge >= 0.3 is 0 Å². The maximum atomic E-state index is 12.5. The third-order valence-corrected chi connectivity index (χ3v) is 5.82. The molecule has 2 aliphatic heterocycles. The Balaban J connectivity index is 1.37. The van der Waals surface area contributed by atoms with Gasteiger partial charge in [0.05, 0.1) is 18.9 Å². The molecule has 30 heavy (non-hydrogen) atoms. The molecule has 1 amide bonds. The van der Waals surface area contributed by atoms with Crippen LogP contribution in [0, 0.1) is 5.92 Å². The Bertz CT molecular complexity index is 913. The fourth-order valence-corrected chi connectivity index (χ4v) is 4.01. The highest BCUT2D eigenvalue weighted by atomic mass is 16.5. The number of rotatable bonds is 6. The minimum Gasteiger partial charge on any atom is -0.497 e. The third kappa shape index (κ3) is 4.64. The minimum absolute atomic E-state index is 0.00939. The van der Waals surface area contributed by atoms with Gasteiger partial charge in [-0.15, -0.1) is 5.10 Å². The maximum absolute atomic E-state index is 12.5. The maximum Gasteiger partial charge on any atom is 0.271 e. The Morgan fingerprint density at radius 3 is 2.60 bits per heavy atom. The van der Waals surface area contributed by atoms with Gasteiger partial charge in [0.1, 0.15) is 11.6 Å². The molecule has 8 heteroatoms. The number of ether oxygens (including phenoxy) is 2. The van der Waals surface area contributed by atoms with Gasteiger partial charge in [-0.3, -0.25) is 9.59 Å². The van der Waals surface area contributed by atoms with E-state index in [4.69, 9.17) is 9.47 Å². The topological polar surface area (TPSA) is 85.7 Å². The molecule has 3 heterocycles. The minimum atomic E-state index is -0.188. The van der Waals surface area contributed by atoms with Gasteiger partial charge in [0.2, 0.25) is 5.91 Å². The molecule has 0 radical (unpaired) electrons. The van der Waals surface area contributed by atoms with E-state index in [-0.39, 0.29) is 23.5 Å². The summed E-state index contributed by atoms with van der Waals surface area (Å²) in [6.07, 6.45) is 3.79. The number of hydrogen-bond acceptors (Lipinski definition) is 6. The van der Waals surface area contributed by atoms with Crippen molar-refractivity contribution in [2.24, 2.45) is 5.92 Å². The number of anilines is 1. The first-order valence-electron chi connectivity index (χ1n) is 10.5. The number of methoxy groups -OCH3 is 1. The Morgan fingerprint density at radius 1 is 1.17 bits per heavy atom. The highest BCUT2D eigenvalue weighted by Crippen LogP contribution is 2.22. The number of amides is 1. The van der Waals surface area contributed by atoms with E-state index in [1.807, 2.05) is 12.1 Å². The van der Waals surface area contributed by atoms with E-state index in [0.717, 1.165) is 56.9 Å². The second-order valence-electron chi connectivity index (χ2n) is 7.78. The largest absolute Gasteiger partial charge is 0.497 e. The van der Waals surface area contributed by atoms with Crippen LogP contribution in [0.1, 0.15) is 25.7 Å². The van der Waals surface area contributed by atoms with E-state index in [1.165, 1.54) is 10.7 Å². The van der Waals surface area contributed by atoms with Crippen LogP contribution in [-0.2, 0) is 9.53 Å². The van der Waals surface area contributed by atoms with Crippen LogP contribution in [0.4, 0.5) is 5.82 Å². The van der Waals surface area contributed by atoms with Crippen molar-refractivity contribution in [1.29, 1.82) is 0 Å². The molecule has 0 bridgehead atoms. The summed E-state index contributed by atoms with van der Waals surface area (Å²) < 4.78 is 12.1. The predicted molar refractivity (Wildman–Crippen MR) is 113 cm³/mol. The van der Waals surface area contributed by atoms with Crippen LogP contribution in [0.5, 0.6) is 5.75 Å². The summed E-state index contributed by atoms with van der Waals surface area (Å²) in [5, 5.41) is 7.59. The van der Waals surface area contributed by atoms with E-state index in [1.54, 1.807) is 25.3 Å². The van der Waals surface area contributed by atoms with Crippen molar-refractivity contribution >= 4 is 11.7 Å². The van der Waals surface area contributed by atoms with Crippen LogP contribution in [0.15, 0.2) is 41.2 Å². The summed E-state index contributed by atoms with van der Waals surface area (Å²) in [6, 6.07) is 10.5. The highest BCUT2D eigenvalue weighted by Gasteiger charge is 2.27. The normalized spacial score (nSPS) is 19.6. The van der Waals surface area contributed by atoms with Crippen LogP contribution in [0.3, 0.4) is 0 Å². The van der Waals surface area contributed by atoms with Gasteiger partial charge in [-0.05, 0) is 56.0 Å². The summed E-state index contributed by atoms with van der Waals surface area (Å²) in [7, 11) is 1.60. The van der Waals surface area contributed by atoms with E-state index in [9.17, 15) is 9.59 Å². The molecular weight excluding hydrogens is 384 g/mol. The average molecular weight is 412 g/mol. The lowest BCUT2D eigenvalue weighted by Crippen LogP contribution is -2.43. The first kappa shape index (κ1) is 20.4. The second kappa shape index (κ2) is 9.30. The summed E-state index contributed by atoms with van der Waals surface area (Å²) in [5.74, 6) is 1.59. The van der Waals surface area contributed by atoms with Crippen LogP contribution in [-0.4, -0.2) is 55.1 Å². The van der Waals surface area contributed by atoms with E-state index in [2.05, 4.69) is 15.3 Å². The second-order valence-corrected chi connectivity index (χ2v) is 7.78. The van der Waals surface area contributed by atoms with Crippen molar-refractivity contribution < 1.29 is 14.3 Å². The van der Waals surface area contributed by atoms with Crippen LogP contribution < -0.4 is 20.5 Å². The Kier molecular flexibility index (Phi) is 6.32. The highest BCUT2D eigenvalue weighted by molar-refractivity contribution is 5.79. The molecule has 0 aliphatic carbocycles. The molecule has 0 spiro atoms. The molecule has 2 aliphatic rings. The Hall–Kier alpha value is -2.87. The molecule has 1 unspecified atom stereocenters. The molecule has 1 aromatic carbocycles. The zero-order chi connectivity index (χ0) is 20.9. The average Bonchev–Trinajstić information content (AvgIpc) is 3.32. The number of nitrogens with one attached hydrogen (secondary N) is 1. The van der Waals surface area contributed by atoms with E-state index >= 15 is 0 Å². The first-order chi connectivity index (χ1) is 14.6. The third-order valence-electron chi connectivity index (χ3n) is 5.82. The molecule has 1 aromatic heterocycles. The predicted octanol–water partition coefficient (Wildman–Crippen LogP) is 1.75. The number of carbonyl (C=O) groups excluding carboxylic acids is 1. The van der Waals surface area contributed by atoms with Crippen molar-refractivity contribution in [2.45, 2.75) is 31.8 Å². The van der Waals surface area contributed by atoms with Gasteiger partial charge in [-0.25, -0.2) is 0 Å². The molecule has 2 aromatic rings. The van der Waals surface area contributed by atoms with Crippen molar-refractivity contribution in [3.05, 3.63) is 46.8 Å². The molecule has 2 saturated heterocycles. The van der Waals surface area contributed by atoms with Gasteiger partial charge in [-0.1, -0.05) is 0 Å². The van der Waals surface area contributed by atoms with Crippen molar-refractivity contribution in [3.63, 3.8) is 0 Å². The number of piperidine rings is 1. The molecule has 1 N–H and O–H groups in total. The zero-order valence-electron chi connectivity index (χ0n) is 17.3. The van der Waals surface area contributed by atoms with Crippen molar-refractivity contribution in [3.8, 4) is 11.4 Å². The van der Waals surface area contributed by atoms with Crippen LogP contribution in [0.25, 0.3) is 5.69 Å². The molecule has 8 nitrogen and oxygen atoms in total. The van der Waals surface area contributed by atoms with Crippen LogP contribution >= 0.6 is 0 Å². The lowest BCUT2D eigenvalue weighted by atomic mass is 9.96. The van der Waals surface area contributed by atoms with Gasteiger partial charge in [-0.2, -0.15) is 4.68 Å². The summed E-state index contributed by atoms with van der Waals surface area (Å²) in [6.45, 7) is 2.86. The summed E-state index contributed by atoms with van der Waals surface area (Å²) >= 11 is 0. The Morgan fingerprint density at radius 2 is 1.93 bits per heavy atom. The molecule has 0 saturated carbocycles. The van der Waals surface area contributed by atoms with E-state index < -0.39 is 0 Å². The van der Waals surface area contributed by atoms with Gasteiger partial charge in [0.25, 0.3) is 5.56 Å².